The molecule has 23 heavy (non-hydrogen) atoms. The standard InChI is InChI=1S/C17H16N4O2/c18-9-13-10-20-16(11-19-13)21-12-4-5-14-15(8-12)23-17(22-14)6-2-1-3-7-17/h4-5,8,10-11H,1-3,6-7H2,(H,20,21). The first-order valence-electron chi connectivity index (χ1n) is 7.78. The highest BCUT2D eigenvalue weighted by Crippen LogP contribution is 2.46. The van der Waals surface area contributed by atoms with E-state index in [0.717, 1.165) is 42.9 Å². The number of hydrogen-bond acceptors (Lipinski definition) is 6. The van der Waals surface area contributed by atoms with E-state index in [9.17, 15) is 0 Å². The van der Waals surface area contributed by atoms with Crippen molar-refractivity contribution >= 4 is 11.5 Å². The molecule has 0 bridgehead atoms. The summed E-state index contributed by atoms with van der Waals surface area (Å²) in [5.74, 6) is 1.67. The first-order valence-corrected chi connectivity index (χ1v) is 7.78. The zero-order valence-electron chi connectivity index (χ0n) is 12.6. The van der Waals surface area contributed by atoms with Gasteiger partial charge in [-0.2, -0.15) is 5.26 Å². The third-order valence-corrected chi connectivity index (χ3v) is 4.19. The van der Waals surface area contributed by atoms with Crippen LogP contribution in [0.5, 0.6) is 11.5 Å². The molecule has 0 amide bonds. The second-order valence-corrected chi connectivity index (χ2v) is 5.86. The summed E-state index contributed by atoms with van der Waals surface area (Å²) in [6, 6.07) is 7.70. The summed E-state index contributed by atoms with van der Waals surface area (Å²) in [7, 11) is 0. The Morgan fingerprint density at radius 1 is 1.04 bits per heavy atom. The largest absolute Gasteiger partial charge is 0.448 e. The summed E-state index contributed by atoms with van der Waals surface area (Å²) in [4.78, 5) is 8.15. The van der Waals surface area contributed by atoms with Crippen LogP contribution in [0.15, 0.2) is 30.6 Å². The highest BCUT2D eigenvalue weighted by molar-refractivity contribution is 5.61. The van der Waals surface area contributed by atoms with Gasteiger partial charge in [0.2, 0.25) is 0 Å². The number of benzene rings is 1. The van der Waals surface area contributed by atoms with Gasteiger partial charge in [0, 0.05) is 24.6 Å². The van der Waals surface area contributed by atoms with Gasteiger partial charge in [-0.1, -0.05) is 6.42 Å². The zero-order chi connectivity index (χ0) is 15.7. The van der Waals surface area contributed by atoms with E-state index in [2.05, 4.69) is 15.3 Å². The van der Waals surface area contributed by atoms with Gasteiger partial charge in [0.25, 0.3) is 5.79 Å². The Bertz CT molecular complexity index is 761. The van der Waals surface area contributed by atoms with Gasteiger partial charge in [-0.05, 0) is 25.0 Å². The summed E-state index contributed by atoms with van der Waals surface area (Å²) < 4.78 is 12.2. The van der Waals surface area contributed by atoms with E-state index in [1.165, 1.54) is 18.8 Å². The van der Waals surface area contributed by atoms with E-state index in [1.54, 1.807) is 0 Å². The molecular weight excluding hydrogens is 292 g/mol. The highest BCUT2D eigenvalue weighted by Gasteiger charge is 2.42. The summed E-state index contributed by atoms with van der Waals surface area (Å²) in [6.07, 6.45) is 8.37. The SMILES string of the molecule is N#Cc1cnc(Nc2ccc3c(c2)OC2(CCCCC2)O3)cn1. The lowest BCUT2D eigenvalue weighted by atomic mass is 9.94. The molecule has 2 heterocycles. The quantitative estimate of drug-likeness (QED) is 0.914. The average molecular weight is 308 g/mol. The number of rotatable bonds is 2. The van der Waals surface area contributed by atoms with Gasteiger partial charge in [0.05, 0.1) is 12.4 Å². The molecule has 0 atom stereocenters. The zero-order valence-corrected chi connectivity index (χ0v) is 12.6. The lowest BCUT2D eigenvalue weighted by Crippen LogP contribution is -2.40. The molecule has 1 aliphatic heterocycles. The van der Waals surface area contributed by atoms with Crippen LogP contribution in [0.2, 0.25) is 0 Å². The molecule has 2 aliphatic rings. The molecule has 0 radical (unpaired) electrons. The maximum Gasteiger partial charge on any atom is 0.251 e. The van der Waals surface area contributed by atoms with Crippen LogP contribution in [0.3, 0.4) is 0 Å². The average Bonchev–Trinajstić information content (AvgIpc) is 2.93. The van der Waals surface area contributed by atoms with Gasteiger partial charge in [-0.15, -0.1) is 0 Å². The highest BCUT2D eigenvalue weighted by atomic mass is 16.7. The monoisotopic (exact) mass is 308 g/mol. The Labute approximate surface area is 134 Å². The van der Waals surface area contributed by atoms with Crippen molar-refractivity contribution in [3.63, 3.8) is 0 Å². The number of nitriles is 1. The predicted octanol–water partition coefficient (Wildman–Crippen LogP) is 3.52. The van der Waals surface area contributed by atoms with Crippen LogP contribution in [-0.2, 0) is 0 Å². The molecule has 6 nitrogen and oxygen atoms in total. The third-order valence-electron chi connectivity index (χ3n) is 4.19. The molecule has 1 aromatic heterocycles. The summed E-state index contributed by atoms with van der Waals surface area (Å²) in [6.45, 7) is 0. The van der Waals surface area contributed by atoms with E-state index in [0.29, 0.717) is 11.5 Å². The second-order valence-electron chi connectivity index (χ2n) is 5.86. The van der Waals surface area contributed by atoms with Crippen molar-refractivity contribution in [2.45, 2.75) is 37.9 Å². The number of anilines is 2. The number of fused-ring (bicyclic) bond motifs is 1. The predicted molar refractivity (Wildman–Crippen MR) is 83.5 cm³/mol. The van der Waals surface area contributed by atoms with Crippen LogP contribution in [0, 0.1) is 11.3 Å². The lowest BCUT2D eigenvalue weighted by Gasteiger charge is -2.31. The number of hydrogen-bond donors (Lipinski definition) is 1. The number of ether oxygens (including phenoxy) is 2. The number of nitrogens with zero attached hydrogens (tertiary/aromatic N) is 3. The van der Waals surface area contributed by atoms with E-state index in [4.69, 9.17) is 14.7 Å². The Morgan fingerprint density at radius 2 is 1.87 bits per heavy atom. The molecule has 1 saturated carbocycles. The summed E-state index contributed by atoms with van der Waals surface area (Å²) >= 11 is 0. The lowest BCUT2D eigenvalue weighted by molar-refractivity contribution is -0.105. The van der Waals surface area contributed by atoms with Crippen molar-refractivity contribution in [3.8, 4) is 17.6 Å². The molecule has 1 aromatic carbocycles. The van der Waals surface area contributed by atoms with Crippen molar-refractivity contribution in [1.82, 2.24) is 9.97 Å². The molecule has 0 unspecified atom stereocenters. The molecule has 1 spiro atoms. The fraction of sp³-hybridized carbons (Fsp3) is 0.353. The van der Waals surface area contributed by atoms with E-state index < -0.39 is 5.79 Å². The molecule has 0 saturated heterocycles. The molecule has 6 heteroatoms. The topological polar surface area (TPSA) is 80.1 Å². The van der Waals surface area contributed by atoms with Crippen LogP contribution < -0.4 is 14.8 Å². The Kier molecular flexibility index (Phi) is 3.27. The Hall–Kier alpha value is -2.81. The van der Waals surface area contributed by atoms with Gasteiger partial charge in [0.15, 0.2) is 17.2 Å². The van der Waals surface area contributed by atoms with Crippen molar-refractivity contribution in [2.24, 2.45) is 0 Å². The van der Waals surface area contributed by atoms with Crippen LogP contribution >= 0.6 is 0 Å². The van der Waals surface area contributed by atoms with Crippen molar-refractivity contribution < 1.29 is 9.47 Å². The fourth-order valence-corrected chi connectivity index (χ4v) is 3.06. The molecule has 116 valence electrons. The minimum Gasteiger partial charge on any atom is -0.448 e. The fourth-order valence-electron chi connectivity index (χ4n) is 3.06. The normalized spacial score (nSPS) is 17.7. The number of aromatic nitrogens is 2. The van der Waals surface area contributed by atoms with E-state index >= 15 is 0 Å². The van der Waals surface area contributed by atoms with E-state index in [-0.39, 0.29) is 0 Å². The maximum atomic E-state index is 8.74. The van der Waals surface area contributed by atoms with Gasteiger partial charge < -0.3 is 14.8 Å². The minimum atomic E-state index is -0.465. The van der Waals surface area contributed by atoms with Crippen LogP contribution in [0.25, 0.3) is 0 Å². The van der Waals surface area contributed by atoms with E-state index in [1.807, 2.05) is 24.3 Å². The Morgan fingerprint density at radius 3 is 2.61 bits per heavy atom. The molecule has 4 rings (SSSR count). The number of nitrogens with one attached hydrogen (secondary N) is 1. The van der Waals surface area contributed by atoms with Crippen LogP contribution in [-0.4, -0.2) is 15.8 Å². The molecular formula is C17H16N4O2. The van der Waals surface area contributed by atoms with Crippen LogP contribution in [0.1, 0.15) is 37.8 Å². The van der Waals surface area contributed by atoms with Crippen molar-refractivity contribution in [1.29, 1.82) is 5.26 Å². The van der Waals surface area contributed by atoms with Crippen molar-refractivity contribution in [2.75, 3.05) is 5.32 Å². The van der Waals surface area contributed by atoms with Gasteiger partial charge in [0.1, 0.15) is 11.9 Å². The minimum absolute atomic E-state index is 0.292. The smallest absolute Gasteiger partial charge is 0.251 e. The first kappa shape index (κ1) is 13.8. The van der Waals surface area contributed by atoms with Gasteiger partial charge in [-0.25, -0.2) is 9.97 Å². The maximum absolute atomic E-state index is 8.74. The Balaban J connectivity index is 1.52. The molecule has 2 aromatic rings. The van der Waals surface area contributed by atoms with Gasteiger partial charge >= 0.3 is 0 Å². The molecule has 1 fully saturated rings. The third kappa shape index (κ3) is 2.66. The van der Waals surface area contributed by atoms with Gasteiger partial charge in [-0.3, -0.25) is 0 Å². The first-order chi connectivity index (χ1) is 11.3. The second kappa shape index (κ2) is 5.43. The summed E-state index contributed by atoms with van der Waals surface area (Å²) in [5.41, 5.74) is 1.14. The van der Waals surface area contributed by atoms with Crippen LogP contribution in [0.4, 0.5) is 11.5 Å². The van der Waals surface area contributed by atoms with Crippen molar-refractivity contribution in [3.05, 3.63) is 36.3 Å². The molecule has 1 N–H and O–H groups in total. The summed E-state index contributed by atoms with van der Waals surface area (Å²) in [5, 5.41) is 11.9. The molecule has 1 aliphatic carbocycles.